The van der Waals surface area contributed by atoms with Crippen LogP contribution >= 0.6 is 0 Å². The molecule has 0 aliphatic heterocycles. The lowest BCUT2D eigenvalue weighted by molar-refractivity contribution is -0.136. The third-order valence-corrected chi connectivity index (χ3v) is 10.4. The van der Waals surface area contributed by atoms with Crippen molar-refractivity contribution in [1.29, 1.82) is 0 Å². The Labute approximate surface area is 320 Å². The second-order valence-electron chi connectivity index (χ2n) is 15.4. The van der Waals surface area contributed by atoms with E-state index in [0.717, 1.165) is 12.8 Å². The Balaban J connectivity index is 1.47. The lowest BCUT2D eigenvalue weighted by Crippen LogP contribution is -2.10. The fourth-order valence-electron chi connectivity index (χ4n) is 7.13. The van der Waals surface area contributed by atoms with Gasteiger partial charge in [0.25, 0.3) is 0 Å². The molecule has 52 heavy (non-hydrogen) atoms. The summed E-state index contributed by atoms with van der Waals surface area (Å²) in [6.45, 7) is 4.56. The van der Waals surface area contributed by atoms with Gasteiger partial charge in [-0.2, -0.15) is 0 Å². The van der Waals surface area contributed by atoms with Crippen LogP contribution in [-0.2, 0) is 22.4 Å². The number of benzene rings is 2. The summed E-state index contributed by atoms with van der Waals surface area (Å²) in [4.78, 5) is 25.0. The number of carbonyl (C=O) groups excluding carboxylic acids is 2. The van der Waals surface area contributed by atoms with Crippen LogP contribution < -0.4 is 9.47 Å². The lowest BCUT2D eigenvalue weighted by atomic mass is 10.0. The highest BCUT2D eigenvalue weighted by molar-refractivity contribution is 5.73. The Bertz CT molecular complexity index is 1050. The highest BCUT2D eigenvalue weighted by Gasteiger charge is 2.09. The largest absolute Gasteiger partial charge is 0.427 e. The van der Waals surface area contributed by atoms with Crippen LogP contribution in [0.1, 0.15) is 218 Å². The van der Waals surface area contributed by atoms with Gasteiger partial charge in [-0.3, -0.25) is 9.59 Å². The van der Waals surface area contributed by atoms with Crippen molar-refractivity contribution in [3.8, 4) is 11.5 Å². The first-order valence-corrected chi connectivity index (χ1v) is 22.2. The van der Waals surface area contributed by atoms with Crippen LogP contribution in [0.15, 0.2) is 48.5 Å². The Hall–Kier alpha value is -2.62. The fourth-order valence-corrected chi connectivity index (χ4v) is 7.13. The number of rotatable bonds is 35. The zero-order chi connectivity index (χ0) is 37.2. The van der Waals surface area contributed by atoms with Gasteiger partial charge in [-0.05, 0) is 73.9 Å². The summed E-state index contributed by atoms with van der Waals surface area (Å²) in [5.74, 6) is 0.755. The number of unbranched alkanes of at least 4 members (excludes halogenated alkanes) is 25. The van der Waals surface area contributed by atoms with E-state index >= 15 is 0 Å². The average Bonchev–Trinajstić information content (AvgIpc) is 3.14. The molecule has 0 heterocycles. The zero-order valence-electron chi connectivity index (χ0n) is 33.9. The van der Waals surface area contributed by atoms with Crippen LogP contribution in [0.25, 0.3) is 0 Å². The van der Waals surface area contributed by atoms with E-state index in [0.29, 0.717) is 37.2 Å². The average molecular weight is 719 g/mol. The Morgan fingerprint density at radius 3 is 0.981 bits per heavy atom. The summed E-state index contributed by atoms with van der Waals surface area (Å²) in [7, 11) is 0. The maximum Gasteiger partial charge on any atom is 0.311 e. The summed E-state index contributed by atoms with van der Waals surface area (Å²) in [5.41, 5.74) is 2.45. The highest BCUT2D eigenvalue weighted by atomic mass is 16.5. The van der Waals surface area contributed by atoms with E-state index < -0.39 is 0 Å². The molecule has 0 N–H and O–H groups in total. The number of ether oxygens (including phenoxy) is 2. The summed E-state index contributed by atoms with van der Waals surface area (Å²) < 4.78 is 11.2. The predicted molar refractivity (Wildman–Crippen MR) is 221 cm³/mol. The van der Waals surface area contributed by atoms with Gasteiger partial charge in [0.1, 0.15) is 11.5 Å². The number of hydrogen-bond donors (Lipinski definition) is 0. The van der Waals surface area contributed by atoms with Crippen molar-refractivity contribution in [3.05, 3.63) is 59.7 Å². The monoisotopic (exact) mass is 719 g/mol. The smallest absolute Gasteiger partial charge is 0.311 e. The molecule has 0 bridgehead atoms. The molecule has 4 nitrogen and oxygen atoms in total. The molecule has 0 aliphatic rings. The summed E-state index contributed by atoms with van der Waals surface area (Å²) in [6, 6.07) is 15.9. The minimum absolute atomic E-state index is 0.243. The first-order chi connectivity index (χ1) is 25.6. The van der Waals surface area contributed by atoms with Crippen molar-refractivity contribution >= 4 is 11.9 Å². The van der Waals surface area contributed by atoms with E-state index in [9.17, 15) is 9.59 Å². The van der Waals surface area contributed by atoms with Gasteiger partial charge in [0.2, 0.25) is 0 Å². The van der Waals surface area contributed by atoms with Crippen LogP contribution in [0.5, 0.6) is 11.5 Å². The molecule has 0 aliphatic carbocycles. The van der Waals surface area contributed by atoms with Crippen molar-refractivity contribution in [1.82, 2.24) is 0 Å². The van der Waals surface area contributed by atoms with E-state index in [4.69, 9.17) is 9.47 Å². The molecule has 294 valence electrons. The third-order valence-electron chi connectivity index (χ3n) is 10.4. The predicted octanol–water partition coefficient (Wildman–Crippen LogP) is 15.0. The van der Waals surface area contributed by atoms with E-state index in [-0.39, 0.29) is 11.9 Å². The van der Waals surface area contributed by atoms with Crippen molar-refractivity contribution < 1.29 is 19.1 Å². The third kappa shape index (κ3) is 26.2. The quantitative estimate of drug-likeness (QED) is 0.0404. The molecular weight excluding hydrogens is 641 g/mol. The first kappa shape index (κ1) is 45.5. The van der Waals surface area contributed by atoms with Gasteiger partial charge in [0.15, 0.2) is 0 Å². The number of esters is 2. The molecule has 0 unspecified atom stereocenters. The first-order valence-electron chi connectivity index (χ1n) is 22.2. The topological polar surface area (TPSA) is 52.6 Å². The van der Waals surface area contributed by atoms with Crippen molar-refractivity contribution in [2.45, 2.75) is 219 Å². The number of hydrogen-bond acceptors (Lipinski definition) is 4. The second-order valence-corrected chi connectivity index (χ2v) is 15.4. The van der Waals surface area contributed by atoms with E-state index in [1.54, 1.807) is 0 Å². The molecule has 0 amide bonds. The number of aryl methyl sites for hydroxylation is 2. The maximum atomic E-state index is 12.5. The molecule has 0 fully saturated rings. The molecule has 0 radical (unpaired) electrons. The Morgan fingerprint density at radius 1 is 0.385 bits per heavy atom. The fraction of sp³-hybridized carbons (Fsp3) is 0.708. The van der Waals surface area contributed by atoms with Gasteiger partial charge in [-0.25, -0.2) is 0 Å². The molecule has 0 saturated carbocycles. The SMILES string of the molecule is CCCCCCCCCCCCCCCc1cccc(OC(=O)CCCCC(=O)Oc2cccc(CCCCCCCCCCCCCCC)c2)c1. The van der Waals surface area contributed by atoms with Crippen molar-refractivity contribution in [3.63, 3.8) is 0 Å². The van der Waals surface area contributed by atoms with Crippen LogP contribution in [0, 0.1) is 0 Å². The molecule has 2 rings (SSSR count). The molecule has 0 spiro atoms. The van der Waals surface area contributed by atoms with Gasteiger partial charge in [0, 0.05) is 12.8 Å². The van der Waals surface area contributed by atoms with Crippen LogP contribution in [-0.4, -0.2) is 11.9 Å². The van der Waals surface area contributed by atoms with Gasteiger partial charge in [-0.1, -0.05) is 192 Å². The van der Waals surface area contributed by atoms with E-state index in [1.165, 1.54) is 178 Å². The Kier molecular flexibility index (Phi) is 28.9. The van der Waals surface area contributed by atoms with Crippen LogP contribution in [0.2, 0.25) is 0 Å². The zero-order valence-corrected chi connectivity index (χ0v) is 33.9. The normalized spacial score (nSPS) is 11.2. The number of carbonyl (C=O) groups is 2. The van der Waals surface area contributed by atoms with Crippen LogP contribution in [0.3, 0.4) is 0 Å². The van der Waals surface area contributed by atoms with Gasteiger partial charge < -0.3 is 9.47 Å². The van der Waals surface area contributed by atoms with Gasteiger partial charge in [-0.15, -0.1) is 0 Å². The van der Waals surface area contributed by atoms with Gasteiger partial charge in [0.05, 0.1) is 0 Å². The van der Waals surface area contributed by atoms with E-state index in [2.05, 4.69) is 26.0 Å². The summed E-state index contributed by atoms with van der Waals surface area (Å²) in [5, 5.41) is 0. The lowest BCUT2D eigenvalue weighted by Gasteiger charge is -2.08. The highest BCUT2D eigenvalue weighted by Crippen LogP contribution is 2.20. The van der Waals surface area contributed by atoms with Gasteiger partial charge >= 0.3 is 11.9 Å². The summed E-state index contributed by atoms with van der Waals surface area (Å²) >= 11 is 0. The Morgan fingerprint density at radius 2 is 0.673 bits per heavy atom. The minimum Gasteiger partial charge on any atom is -0.427 e. The van der Waals surface area contributed by atoms with Crippen molar-refractivity contribution in [2.24, 2.45) is 0 Å². The van der Waals surface area contributed by atoms with Crippen molar-refractivity contribution in [2.75, 3.05) is 0 Å². The molecule has 4 heteroatoms. The molecular formula is C48H78O4. The second kappa shape index (κ2) is 33.0. The van der Waals surface area contributed by atoms with Crippen LogP contribution in [0.4, 0.5) is 0 Å². The maximum absolute atomic E-state index is 12.5. The molecule has 2 aromatic rings. The minimum atomic E-state index is -0.243. The standard InChI is InChI=1S/C48H78O4/c1-3-5-7-9-11-13-15-17-19-21-23-25-27-33-43-35-31-37-45(41-43)51-47(49)39-29-30-40-48(50)52-46-38-32-36-44(42-46)34-28-26-24-22-20-18-16-14-12-10-8-6-4-2/h31-32,35-38,41-42H,3-30,33-34,39-40H2,1-2H3. The molecule has 2 aromatic carbocycles. The summed E-state index contributed by atoms with van der Waals surface area (Å²) in [6.07, 6.45) is 39.1. The molecule has 0 saturated heterocycles. The molecule has 0 aromatic heterocycles. The molecule has 0 atom stereocenters. The van der Waals surface area contributed by atoms with E-state index in [1.807, 2.05) is 36.4 Å².